The molecule has 0 aliphatic carbocycles. The second-order valence-corrected chi connectivity index (χ2v) is 5.73. The van der Waals surface area contributed by atoms with Crippen LogP contribution < -0.4 is 15.2 Å². The Bertz CT molecular complexity index is 504. The highest BCUT2D eigenvalue weighted by molar-refractivity contribution is 5.95. The number of carbonyl (C=O) groups excluding carboxylic acids is 1. The Morgan fingerprint density at radius 3 is 2.45 bits per heavy atom. The number of piperidine rings is 1. The van der Waals surface area contributed by atoms with Gasteiger partial charge >= 0.3 is 0 Å². The van der Waals surface area contributed by atoms with Crippen LogP contribution in [-0.4, -0.2) is 44.2 Å². The molecule has 1 aliphatic rings. The van der Waals surface area contributed by atoms with E-state index in [1.807, 2.05) is 11.8 Å². The third-order valence-electron chi connectivity index (χ3n) is 4.39. The summed E-state index contributed by atoms with van der Waals surface area (Å²) in [4.78, 5) is 14.9. The molecule has 0 saturated carbocycles. The SMILES string of the molecule is COc1cc(C(=O)N2CCCCC2CCN)cc(OC)c1C. The Labute approximate surface area is 132 Å². The highest BCUT2D eigenvalue weighted by Gasteiger charge is 2.27. The summed E-state index contributed by atoms with van der Waals surface area (Å²) in [6.45, 7) is 3.32. The normalized spacial score (nSPS) is 18.2. The molecule has 122 valence electrons. The monoisotopic (exact) mass is 306 g/mol. The number of amides is 1. The van der Waals surface area contributed by atoms with Crippen molar-refractivity contribution in [3.05, 3.63) is 23.3 Å². The van der Waals surface area contributed by atoms with Crippen LogP contribution in [0.1, 0.15) is 41.6 Å². The van der Waals surface area contributed by atoms with Gasteiger partial charge in [-0.2, -0.15) is 0 Å². The Balaban J connectivity index is 2.31. The van der Waals surface area contributed by atoms with Crippen LogP contribution in [0.25, 0.3) is 0 Å². The second kappa shape index (κ2) is 7.49. The first-order chi connectivity index (χ1) is 10.6. The van der Waals surface area contributed by atoms with Crippen molar-refractivity contribution in [2.24, 2.45) is 5.73 Å². The lowest BCUT2D eigenvalue weighted by Gasteiger charge is -2.36. The molecule has 5 nitrogen and oxygen atoms in total. The molecule has 2 N–H and O–H groups in total. The largest absolute Gasteiger partial charge is 0.496 e. The van der Waals surface area contributed by atoms with Crippen LogP contribution >= 0.6 is 0 Å². The topological polar surface area (TPSA) is 64.8 Å². The van der Waals surface area contributed by atoms with Crippen molar-refractivity contribution in [1.29, 1.82) is 0 Å². The minimum atomic E-state index is 0.0368. The lowest BCUT2D eigenvalue weighted by Crippen LogP contribution is -2.44. The van der Waals surface area contributed by atoms with E-state index < -0.39 is 0 Å². The van der Waals surface area contributed by atoms with Crippen molar-refractivity contribution >= 4 is 5.91 Å². The molecule has 5 heteroatoms. The van der Waals surface area contributed by atoms with Crippen LogP contribution in [0.15, 0.2) is 12.1 Å². The summed E-state index contributed by atoms with van der Waals surface area (Å²) in [5.41, 5.74) is 7.21. The molecule has 1 saturated heterocycles. The van der Waals surface area contributed by atoms with Crippen LogP contribution in [0.2, 0.25) is 0 Å². The third-order valence-corrected chi connectivity index (χ3v) is 4.39. The molecule has 1 fully saturated rings. The quantitative estimate of drug-likeness (QED) is 0.907. The summed E-state index contributed by atoms with van der Waals surface area (Å²) in [7, 11) is 3.21. The molecular formula is C17H26N2O3. The number of carbonyl (C=O) groups is 1. The van der Waals surface area contributed by atoms with Crippen LogP contribution in [0.4, 0.5) is 0 Å². The Morgan fingerprint density at radius 2 is 1.91 bits per heavy atom. The molecule has 1 atom stereocenters. The molecule has 1 aromatic rings. The predicted molar refractivity (Wildman–Crippen MR) is 86.6 cm³/mol. The molecule has 1 unspecified atom stereocenters. The van der Waals surface area contributed by atoms with Gasteiger partial charge in [0.1, 0.15) is 11.5 Å². The van der Waals surface area contributed by atoms with Gasteiger partial charge in [-0.05, 0) is 51.3 Å². The Kier molecular flexibility index (Phi) is 5.66. The second-order valence-electron chi connectivity index (χ2n) is 5.73. The van der Waals surface area contributed by atoms with Gasteiger partial charge in [0.15, 0.2) is 0 Å². The first-order valence-electron chi connectivity index (χ1n) is 7.86. The highest BCUT2D eigenvalue weighted by atomic mass is 16.5. The Hall–Kier alpha value is -1.75. The van der Waals surface area contributed by atoms with E-state index in [9.17, 15) is 4.79 Å². The standard InChI is InChI=1S/C17H26N2O3/c1-12-15(21-2)10-13(11-16(12)22-3)17(20)19-9-5-4-6-14(19)7-8-18/h10-11,14H,4-9,18H2,1-3H3. The molecule has 0 aromatic heterocycles. The maximum atomic E-state index is 12.9. The molecule has 22 heavy (non-hydrogen) atoms. The van der Waals surface area contributed by atoms with E-state index in [0.717, 1.165) is 37.8 Å². The number of benzene rings is 1. The lowest BCUT2D eigenvalue weighted by atomic mass is 9.98. The zero-order valence-corrected chi connectivity index (χ0v) is 13.7. The van der Waals surface area contributed by atoms with Gasteiger partial charge in [0.2, 0.25) is 0 Å². The van der Waals surface area contributed by atoms with Crippen LogP contribution in [0.3, 0.4) is 0 Å². The first kappa shape index (κ1) is 16.6. The average molecular weight is 306 g/mol. The van der Waals surface area contributed by atoms with Crippen LogP contribution in [-0.2, 0) is 0 Å². The minimum Gasteiger partial charge on any atom is -0.496 e. The van der Waals surface area contributed by atoms with E-state index in [-0.39, 0.29) is 11.9 Å². The number of likely N-dealkylation sites (tertiary alicyclic amines) is 1. The molecule has 1 aromatic carbocycles. The number of rotatable bonds is 5. The van der Waals surface area contributed by atoms with Gasteiger partial charge in [0, 0.05) is 23.7 Å². The third kappa shape index (κ3) is 3.35. The molecule has 0 spiro atoms. The summed E-state index contributed by atoms with van der Waals surface area (Å²) in [6, 6.07) is 3.84. The summed E-state index contributed by atoms with van der Waals surface area (Å²) in [5.74, 6) is 1.39. The Morgan fingerprint density at radius 1 is 1.27 bits per heavy atom. The fourth-order valence-corrected chi connectivity index (χ4v) is 3.14. The smallest absolute Gasteiger partial charge is 0.254 e. The molecule has 1 aliphatic heterocycles. The van der Waals surface area contributed by atoms with Gasteiger partial charge in [0.25, 0.3) is 5.91 Å². The van der Waals surface area contributed by atoms with E-state index in [1.165, 1.54) is 0 Å². The number of nitrogens with zero attached hydrogens (tertiary/aromatic N) is 1. The lowest BCUT2D eigenvalue weighted by molar-refractivity contribution is 0.0604. The van der Waals surface area contributed by atoms with Gasteiger partial charge in [-0.15, -0.1) is 0 Å². The minimum absolute atomic E-state index is 0.0368. The maximum Gasteiger partial charge on any atom is 0.254 e. The van der Waals surface area contributed by atoms with Crippen molar-refractivity contribution in [3.8, 4) is 11.5 Å². The zero-order valence-electron chi connectivity index (χ0n) is 13.7. The molecule has 1 heterocycles. The van der Waals surface area contributed by atoms with Crippen molar-refractivity contribution in [2.75, 3.05) is 27.3 Å². The number of hydrogen-bond acceptors (Lipinski definition) is 4. The molecule has 1 amide bonds. The first-order valence-corrected chi connectivity index (χ1v) is 7.86. The number of methoxy groups -OCH3 is 2. The van der Waals surface area contributed by atoms with E-state index in [1.54, 1.807) is 26.4 Å². The summed E-state index contributed by atoms with van der Waals surface area (Å²) in [6.07, 6.45) is 4.09. The fourth-order valence-electron chi connectivity index (χ4n) is 3.14. The van der Waals surface area contributed by atoms with Gasteiger partial charge in [-0.3, -0.25) is 4.79 Å². The summed E-state index contributed by atoms with van der Waals surface area (Å²) >= 11 is 0. The van der Waals surface area contributed by atoms with Gasteiger partial charge < -0.3 is 20.1 Å². The highest BCUT2D eigenvalue weighted by Crippen LogP contribution is 2.31. The van der Waals surface area contributed by atoms with Gasteiger partial charge in [-0.25, -0.2) is 0 Å². The number of nitrogens with two attached hydrogens (primary N) is 1. The van der Waals surface area contributed by atoms with Crippen molar-refractivity contribution < 1.29 is 14.3 Å². The molecule has 0 bridgehead atoms. The predicted octanol–water partition coefficient (Wildman–Crippen LogP) is 2.36. The summed E-state index contributed by atoms with van der Waals surface area (Å²) in [5, 5.41) is 0. The fraction of sp³-hybridized carbons (Fsp3) is 0.588. The van der Waals surface area contributed by atoms with Crippen molar-refractivity contribution in [1.82, 2.24) is 4.90 Å². The van der Waals surface area contributed by atoms with E-state index in [4.69, 9.17) is 15.2 Å². The zero-order chi connectivity index (χ0) is 16.1. The van der Waals surface area contributed by atoms with Crippen LogP contribution in [0.5, 0.6) is 11.5 Å². The van der Waals surface area contributed by atoms with Crippen LogP contribution in [0, 0.1) is 6.92 Å². The molecule has 0 radical (unpaired) electrons. The van der Waals surface area contributed by atoms with E-state index in [0.29, 0.717) is 23.6 Å². The molecule has 2 rings (SSSR count). The number of hydrogen-bond donors (Lipinski definition) is 1. The van der Waals surface area contributed by atoms with E-state index in [2.05, 4.69) is 0 Å². The molecular weight excluding hydrogens is 280 g/mol. The van der Waals surface area contributed by atoms with Crippen molar-refractivity contribution in [3.63, 3.8) is 0 Å². The van der Waals surface area contributed by atoms with Gasteiger partial charge in [-0.1, -0.05) is 0 Å². The average Bonchev–Trinajstić information content (AvgIpc) is 2.55. The van der Waals surface area contributed by atoms with Gasteiger partial charge in [0.05, 0.1) is 14.2 Å². The summed E-state index contributed by atoms with van der Waals surface area (Å²) < 4.78 is 10.7. The number of ether oxygens (including phenoxy) is 2. The van der Waals surface area contributed by atoms with Crippen molar-refractivity contribution in [2.45, 2.75) is 38.6 Å². The maximum absolute atomic E-state index is 12.9. The van der Waals surface area contributed by atoms with E-state index >= 15 is 0 Å².